The van der Waals surface area contributed by atoms with Gasteiger partial charge in [0.1, 0.15) is 12.4 Å². The highest BCUT2D eigenvalue weighted by Crippen LogP contribution is 2.16. The van der Waals surface area contributed by atoms with E-state index in [4.69, 9.17) is 11.5 Å². The number of nitrogen functional groups attached to an aromatic ring is 1. The van der Waals surface area contributed by atoms with E-state index < -0.39 is 0 Å². The summed E-state index contributed by atoms with van der Waals surface area (Å²) in [6, 6.07) is 1.65. The van der Waals surface area contributed by atoms with Crippen molar-refractivity contribution in [2.75, 3.05) is 18.8 Å². The van der Waals surface area contributed by atoms with Crippen LogP contribution in [-0.2, 0) is 16.1 Å². The number of anilines is 1. The van der Waals surface area contributed by atoms with Crippen LogP contribution in [0.3, 0.4) is 0 Å². The standard InChI is InChI=1S/C11H17N5O2/c12-9-3-6-16(14-9)7-10(17)15-4-1-8(2-5-15)11(13)18/h3,6,8H,1-2,4-5,7H2,(H2,12,14)(H2,13,18). The van der Waals surface area contributed by atoms with Gasteiger partial charge in [0.2, 0.25) is 11.8 Å². The molecule has 1 fully saturated rings. The highest BCUT2D eigenvalue weighted by atomic mass is 16.2. The molecule has 7 nitrogen and oxygen atoms in total. The van der Waals surface area contributed by atoms with E-state index in [1.807, 2.05) is 0 Å². The van der Waals surface area contributed by atoms with E-state index in [0.717, 1.165) is 0 Å². The predicted octanol–water partition coefficient (Wildman–Crippen LogP) is -0.811. The van der Waals surface area contributed by atoms with Gasteiger partial charge < -0.3 is 16.4 Å². The van der Waals surface area contributed by atoms with E-state index in [9.17, 15) is 9.59 Å². The molecule has 0 saturated carbocycles. The minimum atomic E-state index is -0.276. The first-order valence-corrected chi connectivity index (χ1v) is 5.92. The maximum atomic E-state index is 12.0. The lowest BCUT2D eigenvalue weighted by Crippen LogP contribution is -2.43. The molecule has 0 aliphatic carbocycles. The summed E-state index contributed by atoms with van der Waals surface area (Å²) in [6.07, 6.45) is 2.95. The molecule has 1 aliphatic rings. The third-order valence-corrected chi connectivity index (χ3v) is 3.21. The zero-order chi connectivity index (χ0) is 13.1. The average molecular weight is 251 g/mol. The van der Waals surface area contributed by atoms with Crippen LogP contribution >= 0.6 is 0 Å². The van der Waals surface area contributed by atoms with Crippen LogP contribution in [0.1, 0.15) is 12.8 Å². The SMILES string of the molecule is NC(=O)C1CCN(C(=O)Cn2ccc(N)n2)CC1. The summed E-state index contributed by atoms with van der Waals surface area (Å²) in [5.74, 6) is 0.00704. The van der Waals surface area contributed by atoms with Gasteiger partial charge in [0, 0.05) is 25.2 Å². The highest BCUT2D eigenvalue weighted by molar-refractivity contribution is 5.78. The summed E-state index contributed by atoms with van der Waals surface area (Å²) < 4.78 is 1.51. The normalized spacial score (nSPS) is 16.8. The maximum absolute atomic E-state index is 12.0. The molecule has 0 aromatic carbocycles. The smallest absolute Gasteiger partial charge is 0.244 e. The second kappa shape index (κ2) is 5.07. The molecule has 2 rings (SSSR count). The van der Waals surface area contributed by atoms with Crippen molar-refractivity contribution in [2.24, 2.45) is 11.7 Å². The van der Waals surface area contributed by atoms with E-state index in [1.165, 1.54) is 4.68 Å². The second-order valence-corrected chi connectivity index (χ2v) is 4.50. The second-order valence-electron chi connectivity index (χ2n) is 4.50. The van der Waals surface area contributed by atoms with Crippen LogP contribution in [-0.4, -0.2) is 39.6 Å². The van der Waals surface area contributed by atoms with Crippen molar-refractivity contribution in [1.82, 2.24) is 14.7 Å². The first-order valence-electron chi connectivity index (χ1n) is 5.92. The van der Waals surface area contributed by atoms with Crippen LogP contribution in [0, 0.1) is 5.92 Å². The molecule has 0 bridgehead atoms. The molecular formula is C11H17N5O2. The van der Waals surface area contributed by atoms with Crippen LogP contribution in [0.4, 0.5) is 5.82 Å². The van der Waals surface area contributed by atoms with Crippen LogP contribution in [0.15, 0.2) is 12.3 Å². The first-order chi connectivity index (χ1) is 8.56. The number of nitrogens with zero attached hydrogens (tertiary/aromatic N) is 3. The summed E-state index contributed by atoms with van der Waals surface area (Å²) in [4.78, 5) is 24.7. The molecule has 1 saturated heterocycles. The lowest BCUT2D eigenvalue weighted by atomic mass is 9.96. The van der Waals surface area contributed by atoms with Gasteiger partial charge in [0.05, 0.1) is 0 Å². The van der Waals surface area contributed by atoms with E-state index in [0.29, 0.717) is 31.7 Å². The number of hydrogen-bond donors (Lipinski definition) is 2. The summed E-state index contributed by atoms with van der Waals surface area (Å²) in [6.45, 7) is 1.32. The maximum Gasteiger partial charge on any atom is 0.244 e. The largest absolute Gasteiger partial charge is 0.382 e. The van der Waals surface area contributed by atoms with Gasteiger partial charge in [0.15, 0.2) is 0 Å². The van der Waals surface area contributed by atoms with E-state index in [2.05, 4.69) is 5.10 Å². The number of amides is 2. The van der Waals surface area contributed by atoms with Gasteiger partial charge >= 0.3 is 0 Å². The lowest BCUT2D eigenvalue weighted by molar-refractivity contribution is -0.135. The van der Waals surface area contributed by atoms with Gasteiger partial charge in [-0.1, -0.05) is 0 Å². The Kier molecular flexibility index (Phi) is 3.50. The van der Waals surface area contributed by atoms with Crippen molar-refractivity contribution in [1.29, 1.82) is 0 Å². The van der Waals surface area contributed by atoms with Gasteiger partial charge in [-0.3, -0.25) is 14.3 Å². The summed E-state index contributed by atoms with van der Waals surface area (Å²) in [5.41, 5.74) is 10.7. The third-order valence-electron chi connectivity index (χ3n) is 3.21. The fraction of sp³-hybridized carbons (Fsp3) is 0.545. The molecule has 98 valence electrons. The molecule has 7 heteroatoms. The molecule has 1 aromatic rings. The van der Waals surface area contributed by atoms with Gasteiger partial charge in [-0.2, -0.15) is 5.10 Å². The Bertz CT molecular complexity index is 448. The van der Waals surface area contributed by atoms with E-state index >= 15 is 0 Å². The summed E-state index contributed by atoms with van der Waals surface area (Å²) in [7, 11) is 0. The number of carbonyl (C=O) groups is 2. The van der Waals surface area contributed by atoms with Crippen LogP contribution in [0.5, 0.6) is 0 Å². The fourth-order valence-corrected chi connectivity index (χ4v) is 2.12. The Balaban J connectivity index is 1.86. The van der Waals surface area contributed by atoms with Crippen LogP contribution in [0.2, 0.25) is 0 Å². The van der Waals surface area contributed by atoms with Crippen LogP contribution in [0.25, 0.3) is 0 Å². The lowest BCUT2D eigenvalue weighted by Gasteiger charge is -2.30. The summed E-state index contributed by atoms with van der Waals surface area (Å²) >= 11 is 0. The first kappa shape index (κ1) is 12.4. The molecule has 1 aromatic heterocycles. The molecule has 0 spiro atoms. The van der Waals surface area contributed by atoms with Crippen molar-refractivity contribution in [3.05, 3.63) is 12.3 Å². The minimum absolute atomic E-state index is 0.0129. The van der Waals surface area contributed by atoms with Gasteiger partial charge in [-0.05, 0) is 18.9 Å². The number of likely N-dealkylation sites (tertiary alicyclic amines) is 1. The van der Waals surface area contributed by atoms with Gasteiger partial charge in [0.25, 0.3) is 0 Å². The number of piperidine rings is 1. The Morgan fingerprint density at radius 3 is 2.56 bits per heavy atom. The Morgan fingerprint density at radius 2 is 2.06 bits per heavy atom. The average Bonchev–Trinajstić information content (AvgIpc) is 2.75. The number of nitrogens with two attached hydrogens (primary N) is 2. The van der Waals surface area contributed by atoms with Crippen molar-refractivity contribution >= 4 is 17.6 Å². The zero-order valence-electron chi connectivity index (χ0n) is 10.1. The number of aromatic nitrogens is 2. The monoisotopic (exact) mass is 251 g/mol. The third kappa shape index (κ3) is 2.79. The Labute approximate surface area is 105 Å². The summed E-state index contributed by atoms with van der Waals surface area (Å²) in [5, 5.41) is 3.96. The van der Waals surface area contributed by atoms with E-state index in [1.54, 1.807) is 17.2 Å². The molecule has 0 radical (unpaired) electrons. The van der Waals surface area contributed by atoms with Crippen molar-refractivity contribution in [3.63, 3.8) is 0 Å². The number of primary amides is 1. The molecule has 0 unspecified atom stereocenters. The molecule has 4 N–H and O–H groups in total. The predicted molar refractivity (Wildman–Crippen MR) is 65.1 cm³/mol. The molecule has 2 amide bonds. The van der Waals surface area contributed by atoms with Crippen molar-refractivity contribution in [3.8, 4) is 0 Å². The number of carbonyl (C=O) groups excluding carboxylic acids is 2. The van der Waals surface area contributed by atoms with Crippen molar-refractivity contribution in [2.45, 2.75) is 19.4 Å². The fourth-order valence-electron chi connectivity index (χ4n) is 2.12. The van der Waals surface area contributed by atoms with Crippen LogP contribution < -0.4 is 11.5 Å². The topological polar surface area (TPSA) is 107 Å². The molecule has 18 heavy (non-hydrogen) atoms. The molecule has 2 heterocycles. The Morgan fingerprint density at radius 1 is 1.39 bits per heavy atom. The highest BCUT2D eigenvalue weighted by Gasteiger charge is 2.25. The number of hydrogen-bond acceptors (Lipinski definition) is 4. The van der Waals surface area contributed by atoms with Gasteiger partial charge in [-0.15, -0.1) is 0 Å². The van der Waals surface area contributed by atoms with E-state index in [-0.39, 0.29) is 24.3 Å². The molecule has 1 aliphatic heterocycles. The molecular weight excluding hydrogens is 234 g/mol. The Hall–Kier alpha value is -2.05. The molecule has 0 atom stereocenters. The number of rotatable bonds is 3. The van der Waals surface area contributed by atoms with Crippen molar-refractivity contribution < 1.29 is 9.59 Å². The quantitative estimate of drug-likeness (QED) is 0.732. The zero-order valence-corrected chi connectivity index (χ0v) is 10.1. The van der Waals surface area contributed by atoms with Gasteiger partial charge in [-0.25, -0.2) is 0 Å². The minimum Gasteiger partial charge on any atom is -0.382 e.